The second kappa shape index (κ2) is 22.7. The van der Waals surface area contributed by atoms with Gasteiger partial charge in [-0.3, -0.25) is 0 Å². The maximum Gasteiger partial charge on any atom is 0.115 e. The average molecular weight is 821 g/mol. The molecule has 2 aliphatic heterocycles. The standard InChI is InChI=1S/C53H56O8/c1-7-19-40(20-8-1)32-54-38-48-52(58-36-44-27-15-5-16-28-44)50(56-34-42-23-11-3-12-24-42)46(60-48)31-47-51(57-35-43-25-13-4-14-26-43)53(59-37-45-29-17-6-18-30-45)49(61-47)39-55-33-41-21-9-2-10-22-41/h1-30,46-53H,31-39H2/t46-,47-,48+,49+,50-,51-,52+,53+/m0/s1. The zero-order valence-electron chi connectivity index (χ0n) is 34.6. The maximum atomic E-state index is 7.03. The smallest absolute Gasteiger partial charge is 0.115 e. The molecule has 0 aliphatic carbocycles. The van der Waals surface area contributed by atoms with Crippen LogP contribution in [-0.2, 0) is 77.5 Å². The third-order valence-corrected chi connectivity index (χ3v) is 11.2. The minimum Gasteiger partial charge on any atom is -0.374 e. The molecule has 8 nitrogen and oxygen atoms in total. The predicted molar refractivity (Wildman–Crippen MR) is 234 cm³/mol. The summed E-state index contributed by atoms with van der Waals surface area (Å²) >= 11 is 0. The minimum absolute atomic E-state index is 0.328. The van der Waals surface area contributed by atoms with Crippen molar-refractivity contribution in [3.05, 3.63) is 215 Å². The topological polar surface area (TPSA) is 73.8 Å². The van der Waals surface area contributed by atoms with E-state index < -0.39 is 48.8 Å². The molecule has 6 aromatic carbocycles. The summed E-state index contributed by atoms with van der Waals surface area (Å²) in [7, 11) is 0. The van der Waals surface area contributed by atoms with Crippen LogP contribution in [0.25, 0.3) is 0 Å². The molecule has 0 spiro atoms. The Bertz CT molecular complexity index is 1940. The third-order valence-electron chi connectivity index (χ3n) is 11.2. The van der Waals surface area contributed by atoms with Gasteiger partial charge < -0.3 is 37.9 Å². The average Bonchev–Trinajstić information content (AvgIpc) is 3.82. The van der Waals surface area contributed by atoms with Crippen LogP contribution in [0.2, 0.25) is 0 Å². The third kappa shape index (κ3) is 12.5. The zero-order valence-corrected chi connectivity index (χ0v) is 34.6. The van der Waals surface area contributed by atoms with Crippen LogP contribution in [0.4, 0.5) is 0 Å². The van der Waals surface area contributed by atoms with Gasteiger partial charge in [-0.25, -0.2) is 0 Å². The fourth-order valence-electron chi connectivity index (χ4n) is 8.09. The Morgan fingerprint density at radius 1 is 0.279 bits per heavy atom. The highest BCUT2D eigenvalue weighted by Gasteiger charge is 2.52. The molecule has 8 atom stereocenters. The van der Waals surface area contributed by atoms with Gasteiger partial charge in [-0.15, -0.1) is 0 Å². The van der Waals surface area contributed by atoms with Crippen molar-refractivity contribution in [3.8, 4) is 0 Å². The van der Waals surface area contributed by atoms with Crippen LogP contribution >= 0.6 is 0 Å². The lowest BCUT2D eigenvalue weighted by Gasteiger charge is -2.28. The Morgan fingerprint density at radius 3 is 0.770 bits per heavy atom. The van der Waals surface area contributed by atoms with Gasteiger partial charge in [-0.2, -0.15) is 0 Å². The molecular weight excluding hydrogens is 765 g/mol. The molecule has 0 unspecified atom stereocenters. The Balaban J connectivity index is 1.07. The lowest BCUT2D eigenvalue weighted by atomic mass is 9.98. The highest BCUT2D eigenvalue weighted by Crippen LogP contribution is 2.37. The van der Waals surface area contributed by atoms with Crippen LogP contribution in [0.5, 0.6) is 0 Å². The molecule has 8 rings (SSSR count). The lowest BCUT2D eigenvalue weighted by Crippen LogP contribution is -2.42. The van der Waals surface area contributed by atoms with E-state index in [0.717, 1.165) is 33.4 Å². The van der Waals surface area contributed by atoms with E-state index in [2.05, 4.69) is 72.8 Å². The lowest BCUT2D eigenvalue weighted by molar-refractivity contribution is -0.100. The van der Waals surface area contributed by atoms with E-state index in [9.17, 15) is 0 Å². The summed E-state index contributed by atoms with van der Waals surface area (Å²) in [5, 5.41) is 0. The first-order valence-electron chi connectivity index (χ1n) is 21.4. The fraction of sp³-hybridized carbons (Fsp3) is 0.321. The molecule has 0 aromatic heterocycles. The highest BCUT2D eigenvalue weighted by atomic mass is 16.6. The molecule has 0 radical (unpaired) electrons. The van der Waals surface area contributed by atoms with Crippen LogP contribution in [-0.4, -0.2) is 62.0 Å². The molecule has 0 amide bonds. The molecule has 2 saturated heterocycles. The Kier molecular flexibility index (Phi) is 15.9. The predicted octanol–water partition coefficient (Wildman–Crippen LogP) is 9.69. The van der Waals surface area contributed by atoms with E-state index in [1.54, 1.807) is 0 Å². The summed E-state index contributed by atoms with van der Waals surface area (Å²) in [5.41, 5.74) is 6.46. The van der Waals surface area contributed by atoms with Crippen LogP contribution < -0.4 is 0 Å². The van der Waals surface area contributed by atoms with Crippen LogP contribution in [0.15, 0.2) is 182 Å². The number of hydrogen-bond acceptors (Lipinski definition) is 8. The van der Waals surface area contributed by atoms with Crippen molar-refractivity contribution in [2.75, 3.05) is 13.2 Å². The van der Waals surface area contributed by atoms with Crippen molar-refractivity contribution in [2.24, 2.45) is 0 Å². The molecule has 0 N–H and O–H groups in total. The fourth-order valence-corrected chi connectivity index (χ4v) is 8.09. The van der Waals surface area contributed by atoms with Gasteiger partial charge in [0, 0.05) is 6.42 Å². The Hall–Kier alpha value is -5.00. The summed E-state index contributed by atoms with van der Waals surface area (Å²) in [6, 6.07) is 61.3. The summed E-state index contributed by atoms with van der Waals surface area (Å²) < 4.78 is 54.2. The van der Waals surface area contributed by atoms with E-state index in [-0.39, 0.29) is 0 Å². The molecule has 6 aromatic rings. The number of hydrogen-bond donors (Lipinski definition) is 0. The molecule has 2 fully saturated rings. The second-order valence-corrected chi connectivity index (χ2v) is 15.7. The van der Waals surface area contributed by atoms with Crippen LogP contribution in [0.1, 0.15) is 39.8 Å². The van der Waals surface area contributed by atoms with E-state index in [1.165, 1.54) is 0 Å². The van der Waals surface area contributed by atoms with Crippen molar-refractivity contribution in [2.45, 2.75) is 94.9 Å². The van der Waals surface area contributed by atoms with Crippen molar-refractivity contribution in [3.63, 3.8) is 0 Å². The molecular formula is C53H56O8. The van der Waals surface area contributed by atoms with Gasteiger partial charge >= 0.3 is 0 Å². The van der Waals surface area contributed by atoms with Gasteiger partial charge in [0.15, 0.2) is 0 Å². The normalized spacial score (nSPS) is 23.6. The maximum absolute atomic E-state index is 7.03. The molecule has 316 valence electrons. The van der Waals surface area contributed by atoms with E-state index >= 15 is 0 Å². The summed E-state index contributed by atoms with van der Waals surface area (Å²) in [4.78, 5) is 0. The van der Waals surface area contributed by atoms with Gasteiger partial charge in [-0.1, -0.05) is 182 Å². The first-order valence-corrected chi connectivity index (χ1v) is 21.4. The molecule has 0 bridgehead atoms. The number of ether oxygens (including phenoxy) is 8. The molecule has 2 heterocycles. The van der Waals surface area contributed by atoms with Crippen LogP contribution in [0.3, 0.4) is 0 Å². The Labute approximate surface area is 360 Å². The number of benzene rings is 6. The SMILES string of the molecule is c1ccc(COC[C@H]2O[C@@H](C[C@@H]3O[C@H](COCc4ccccc4)[C@@H](OCc4ccccc4)[C@H]3OCc3ccccc3)[C@H](OCc3ccccc3)[C@@H]2OCc2ccccc2)cc1. The van der Waals surface area contributed by atoms with Crippen LogP contribution in [0, 0.1) is 0 Å². The van der Waals surface area contributed by atoms with Gasteiger partial charge in [0.2, 0.25) is 0 Å². The zero-order chi connectivity index (χ0) is 41.3. The summed E-state index contributed by atoms with van der Waals surface area (Å²) in [6.07, 6.45) is -2.90. The quantitative estimate of drug-likeness (QED) is 0.0671. The molecule has 8 heteroatoms. The first kappa shape index (κ1) is 42.7. The van der Waals surface area contributed by atoms with Crippen molar-refractivity contribution >= 4 is 0 Å². The minimum atomic E-state index is -0.440. The molecule has 61 heavy (non-hydrogen) atoms. The van der Waals surface area contributed by atoms with Crippen molar-refractivity contribution < 1.29 is 37.9 Å². The van der Waals surface area contributed by atoms with E-state index in [4.69, 9.17) is 37.9 Å². The second-order valence-electron chi connectivity index (χ2n) is 15.7. The van der Waals surface area contributed by atoms with E-state index in [1.807, 2.05) is 109 Å². The largest absolute Gasteiger partial charge is 0.374 e. The molecule has 2 aliphatic rings. The monoisotopic (exact) mass is 820 g/mol. The highest BCUT2D eigenvalue weighted by molar-refractivity contribution is 5.18. The van der Waals surface area contributed by atoms with Gasteiger partial charge in [0.1, 0.15) is 36.6 Å². The first-order chi connectivity index (χ1) is 30.2. The summed E-state index contributed by atoms with van der Waals surface area (Å²) in [5.74, 6) is 0. The van der Waals surface area contributed by atoms with Crippen molar-refractivity contribution in [1.29, 1.82) is 0 Å². The van der Waals surface area contributed by atoms with Crippen molar-refractivity contribution in [1.82, 2.24) is 0 Å². The van der Waals surface area contributed by atoms with E-state index in [0.29, 0.717) is 59.3 Å². The molecule has 0 saturated carbocycles. The van der Waals surface area contributed by atoms with Gasteiger partial charge in [-0.05, 0) is 33.4 Å². The van der Waals surface area contributed by atoms with Gasteiger partial charge in [0.25, 0.3) is 0 Å². The Morgan fingerprint density at radius 2 is 0.508 bits per heavy atom. The van der Waals surface area contributed by atoms with Gasteiger partial charge in [0.05, 0.1) is 65.1 Å². The summed E-state index contributed by atoms with van der Waals surface area (Å²) in [6.45, 7) is 3.17. The number of rotatable bonds is 22.